The number of hydrogen-bond donors (Lipinski definition) is 2. The molecular weight excluding hydrogens is 368 g/mol. The van der Waals surface area contributed by atoms with E-state index >= 15 is 0 Å². The van der Waals surface area contributed by atoms with Gasteiger partial charge in [-0.2, -0.15) is 5.10 Å². The molecule has 1 aromatic carbocycles. The maximum absolute atomic E-state index is 12.4. The number of benzene rings is 1. The fraction of sp³-hybridized carbons (Fsp3) is 0.429. The van der Waals surface area contributed by atoms with E-state index in [1.807, 2.05) is 35.9 Å². The van der Waals surface area contributed by atoms with Crippen molar-refractivity contribution in [2.45, 2.75) is 32.4 Å². The van der Waals surface area contributed by atoms with Crippen LogP contribution in [-0.2, 0) is 17.9 Å². The van der Waals surface area contributed by atoms with Crippen LogP contribution in [0.25, 0.3) is 11.2 Å². The minimum absolute atomic E-state index is 0.101. The Bertz CT molecular complexity index is 963. The van der Waals surface area contributed by atoms with Crippen molar-refractivity contribution in [2.75, 3.05) is 26.2 Å². The van der Waals surface area contributed by atoms with Crippen LogP contribution in [0.15, 0.2) is 36.7 Å². The topological polar surface area (TPSA) is 94.0 Å². The van der Waals surface area contributed by atoms with Crippen LogP contribution in [0, 0.1) is 0 Å². The van der Waals surface area contributed by atoms with Crippen molar-refractivity contribution in [3.05, 3.63) is 53.5 Å². The van der Waals surface area contributed by atoms with Gasteiger partial charge >= 0.3 is 0 Å². The molecule has 1 aliphatic heterocycles. The van der Waals surface area contributed by atoms with Gasteiger partial charge in [-0.25, -0.2) is 14.6 Å². The number of hydrogen-bond acceptors (Lipinski definition) is 6. The van der Waals surface area contributed by atoms with Gasteiger partial charge in [0, 0.05) is 43.6 Å². The summed E-state index contributed by atoms with van der Waals surface area (Å²) >= 11 is 0. The molecular formula is C21H26N6O2. The first-order chi connectivity index (χ1) is 14.3. The zero-order valence-corrected chi connectivity index (χ0v) is 16.6. The number of fused-ring (bicyclic) bond motifs is 1. The Morgan fingerprint density at radius 2 is 2.10 bits per heavy atom. The van der Waals surface area contributed by atoms with Gasteiger partial charge in [0.15, 0.2) is 5.65 Å². The van der Waals surface area contributed by atoms with Gasteiger partial charge in [0.05, 0.1) is 18.8 Å². The predicted molar refractivity (Wildman–Crippen MR) is 110 cm³/mol. The van der Waals surface area contributed by atoms with Crippen molar-refractivity contribution in [2.24, 2.45) is 0 Å². The molecule has 1 atom stereocenters. The lowest BCUT2D eigenvalue weighted by Crippen LogP contribution is -2.27. The van der Waals surface area contributed by atoms with Crippen molar-refractivity contribution in [3.63, 3.8) is 0 Å². The third-order valence-electron chi connectivity index (χ3n) is 5.14. The van der Waals surface area contributed by atoms with E-state index < -0.39 is 0 Å². The smallest absolute Gasteiger partial charge is 0.251 e. The van der Waals surface area contributed by atoms with Gasteiger partial charge < -0.3 is 15.4 Å². The lowest BCUT2D eigenvalue weighted by atomic mass is 10.0. The molecule has 0 bridgehead atoms. The number of carbonyl (C=O) groups excluding carboxylic acids is 1. The Morgan fingerprint density at radius 3 is 2.86 bits per heavy atom. The van der Waals surface area contributed by atoms with E-state index in [0.717, 1.165) is 41.9 Å². The summed E-state index contributed by atoms with van der Waals surface area (Å²) in [6, 6.07) is 7.49. The summed E-state index contributed by atoms with van der Waals surface area (Å²) in [6.45, 7) is 6.12. The summed E-state index contributed by atoms with van der Waals surface area (Å²) < 4.78 is 7.23. The van der Waals surface area contributed by atoms with E-state index in [0.29, 0.717) is 37.8 Å². The molecule has 0 saturated carbocycles. The molecule has 1 saturated heterocycles. The molecule has 1 aliphatic rings. The lowest BCUT2D eigenvalue weighted by Gasteiger charge is -2.07. The molecule has 2 N–H and O–H groups in total. The summed E-state index contributed by atoms with van der Waals surface area (Å²) in [5.41, 5.74) is 4.31. The van der Waals surface area contributed by atoms with Crippen LogP contribution in [0.3, 0.4) is 0 Å². The third kappa shape index (κ3) is 4.44. The molecule has 0 radical (unpaired) electrons. The van der Waals surface area contributed by atoms with Crippen molar-refractivity contribution in [3.8, 4) is 0 Å². The molecule has 0 unspecified atom stereocenters. The number of amides is 1. The predicted octanol–water partition coefficient (Wildman–Crippen LogP) is 1.87. The van der Waals surface area contributed by atoms with E-state index in [2.05, 4.69) is 20.6 Å². The van der Waals surface area contributed by atoms with Gasteiger partial charge in [0.1, 0.15) is 5.52 Å². The first kappa shape index (κ1) is 19.5. The Labute approximate surface area is 169 Å². The van der Waals surface area contributed by atoms with Crippen LogP contribution >= 0.6 is 0 Å². The molecule has 3 aromatic rings. The largest absolute Gasteiger partial charge is 0.377 e. The summed E-state index contributed by atoms with van der Waals surface area (Å²) in [6.07, 6.45) is 4.44. The Hall–Kier alpha value is -2.84. The van der Waals surface area contributed by atoms with Crippen LogP contribution in [0.2, 0.25) is 0 Å². The summed E-state index contributed by atoms with van der Waals surface area (Å²) in [5, 5.41) is 11.1. The Balaban J connectivity index is 1.39. The van der Waals surface area contributed by atoms with E-state index in [1.165, 1.54) is 0 Å². The third-order valence-corrected chi connectivity index (χ3v) is 5.14. The minimum atomic E-state index is -0.101. The highest BCUT2D eigenvalue weighted by atomic mass is 16.5. The average Bonchev–Trinajstić information content (AvgIpc) is 3.41. The SMILES string of the molecule is CCOCc1ccc(C(=O)NCCn2nc([C@H]3CCNC3)c3nccnc32)cc1. The quantitative estimate of drug-likeness (QED) is 0.606. The highest BCUT2D eigenvalue weighted by Gasteiger charge is 2.24. The number of ether oxygens (including phenoxy) is 1. The van der Waals surface area contributed by atoms with Crippen LogP contribution < -0.4 is 10.6 Å². The molecule has 29 heavy (non-hydrogen) atoms. The molecule has 1 fully saturated rings. The average molecular weight is 394 g/mol. The summed E-state index contributed by atoms with van der Waals surface area (Å²) in [7, 11) is 0. The molecule has 1 amide bonds. The van der Waals surface area contributed by atoms with Crippen LogP contribution in [0.5, 0.6) is 0 Å². The molecule has 2 aromatic heterocycles. The lowest BCUT2D eigenvalue weighted by molar-refractivity contribution is 0.0951. The first-order valence-electron chi connectivity index (χ1n) is 10.1. The van der Waals surface area contributed by atoms with E-state index in [4.69, 9.17) is 9.84 Å². The summed E-state index contributed by atoms with van der Waals surface area (Å²) in [5.74, 6) is 0.260. The Kier molecular flexibility index (Phi) is 6.12. The van der Waals surface area contributed by atoms with Gasteiger partial charge in [-0.15, -0.1) is 0 Å². The van der Waals surface area contributed by atoms with Crippen LogP contribution in [0.1, 0.15) is 40.9 Å². The number of carbonyl (C=O) groups is 1. The van der Waals surface area contributed by atoms with E-state index in [1.54, 1.807) is 12.4 Å². The van der Waals surface area contributed by atoms with Gasteiger partial charge in [-0.05, 0) is 37.6 Å². The fourth-order valence-electron chi connectivity index (χ4n) is 3.59. The first-order valence-corrected chi connectivity index (χ1v) is 10.1. The van der Waals surface area contributed by atoms with Crippen molar-refractivity contribution >= 4 is 17.1 Å². The van der Waals surface area contributed by atoms with Crippen molar-refractivity contribution in [1.82, 2.24) is 30.4 Å². The number of nitrogens with zero attached hydrogens (tertiary/aromatic N) is 4. The standard InChI is InChI=1S/C21H26N6O2/c1-2-29-14-15-3-5-16(6-4-15)21(28)25-11-12-27-20-19(23-9-10-24-20)18(26-27)17-7-8-22-13-17/h3-6,9-10,17,22H,2,7-8,11-14H2,1H3,(H,25,28)/t17-/m0/s1. The molecule has 8 nitrogen and oxygen atoms in total. The molecule has 152 valence electrons. The maximum Gasteiger partial charge on any atom is 0.251 e. The van der Waals surface area contributed by atoms with E-state index in [9.17, 15) is 4.79 Å². The number of aromatic nitrogens is 4. The van der Waals surface area contributed by atoms with Gasteiger partial charge in [0.2, 0.25) is 0 Å². The molecule has 0 spiro atoms. The molecule has 8 heteroatoms. The van der Waals surface area contributed by atoms with Crippen molar-refractivity contribution in [1.29, 1.82) is 0 Å². The molecule has 3 heterocycles. The normalized spacial score (nSPS) is 16.4. The van der Waals surface area contributed by atoms with Crippen molar-refractivity contribution < 1.29 is 9.53 Å². The van der Waals surface area contributed by atoms with E-state index in [-0.39, 0.29) is 5.91 Å². The molecule has 0 aliphatic carbocycles. The maximum atomic E-state index is 12.4. The number of rotatable bonds is 8. The second-order valence-corrected chi connectivity index (χ2v) is 7.12. The minimum Gasteiger partial charge on any atom is -0.377 e. The summed E-state index contributed by atoms with van der Waals surface area (Å²) in [4.78, 5) is 21.4. The monoisotopic (exact) mass is 394 g/mol. The van der Waals surface area contributed by atoms with Crippen LogP contribution in [0.4, 0.5) is 0 Å². The van der Waals surface area contributed by atoms with Gasteiger partial charge in [-0.3, -0.25) is 4.79 Å². The van der Waals surface area contributed by atoms with Crippen LogP contribution in [-0.4, -0.2) is 51.9 Å². The highest BCUT2D eigenvalue weighted by molar-refractivity contribution is 5.94. The Morgan fingerprint density at radius 1 is 1.28 bits per heavy atom. The van der Waals surface area contributed by atoms with Gasteiger partial charge in [0.25, 0.3) is 5.91 Å². The number of nitrogens with one attached hydrogen (secondary N) is 2. The second kappa shape index (κ2) is 9.11. The van der Waals surface area contributed by atoms with Gasteiger partial charge in [-0.1, -0.05) is 12.1 Å². The second-order valence-electron chi connectivity index (χ2n) is 7.12. The zero-order valence-electron chi connectivity index (χ0n) is 16.6. The fourth-order valence-corrected chi connectivity index (χ4v) is 3.59. The zero-order chi connectivity index (χ0) is 20.1. The molecule has 4 rings (SSSR count). The highest BCUT2D eigenvalue weighted by Crippen LogP contribution is 2.26.